The van der Waals surface area contributed by atoms with E-state index in [1.54, 1.807) is 12.1 Å². The summed E-state index contributed by atoms with van der Waals surface area (Å²) >= 11 is 0. The van der Waals surface area contributed by atoms with Gasteiger partial charge < -0.3 is 26.3 Å². The Kier molecular flexibility index (Phi) is 7.96. The summed E-state index contributed by atoms with van der Waals surface area (Å²) < 4.78 is 0. The molecule has 0 spiro atoms. The monoisotopic (exact) mass is 253 g/mol. The molecule has 0 aliphatic rings. The van der Waals surface area contributed by atoms with E-state index in [2.05, 4.69) is 10.6 Å². The number of phenolic OH excluding ortho intramolecular Hbond substituents is 1. The Labute approximate surface area is 106 Å². The number of benzene rings is 1. The Morgan fingerprint density at radius 3 is 2.28 bits per heavy atom. The molecule has 0 saturated heterocycles. The van der Waals surface area contributed by atoms with Crippen LogP contribution in [-0.2, 0) is 11.2 Å². The molecular weight excluding hydrogens is 234 g/mol. The normalized spacial score (nSPS) is 10.8. The number of urea groups is 1. The van der Waals surface area contributed by atoms with Crippen molar-refractivity contribution in [2.24, 2.45) is 5.73 Å². The quantitative estimate of drug-likeness (QED) is 0.567. The van der Waals surface area contributed by atoms with Gasteiger partial charge in [-0.1, -0.05) is 12.1 Å². The first-order valence-electron chi connectivity index (χ1n) is 5.41. The number of carbonyl (C=O) groups is 2. The number of hydrogen-bond acceptors (Lipinski definition) is 4. The van der Waals surface area contributed by atoms with Crippen molar-refractivity contribution in [1.82, 2.24) is 10.6 Å². The van der Waals surface area contributed by atoms with Gasteiger partial charge in [-0.05, 0) is 38.2 Å². The molecule has 0 heterocycles. The second-order valence-corrected chi connectivity index (χ2v) is 3.62. The maximum absolute atomic E-state index is 10.6. The number of nitrogens with one attached hydrogen (secondary N) is 2. The fourth-order valence-electron chi connectivity index (χ4n) is 1.20. The number of nitrogens with two attached hydrogens (primary N) is 1. The molecule has 6 heteroatoms. The van der Waals surface area contributed by atoms with E-state index in [1.165, 1.54) is 12.1 Å². The third-order valence-corrected chi connectivity index (χ3v) is 1.88. The smallest absolute Gasteiger partial charge is 0.312 e. The minimum absolute atomic E-state index is 0.157. The first kappa shape index (κ1) is 15.9. The Balaban J connectivity index is 0.000000873. The lowest BCUT2D eigenvalue weighted by Crippen LogP contribution is -2.40. The second-order valence-electron chi connectivity index (χ2n) is 3.62. The van der Waals surface area contributed by atoms with Crippen molar-refractivity contribution in [1.29, 1.82) is 0 Å². The molecule has 0 aliphatic carbocycles. The number of hydrogen-bond donors (Lipinski definition) is 4. The van der Waals surface area contributed by atoms with Crippen molar-refractivity contribution >= 4 is 12.3 Å². The highest BCUT2D eigenvalue weighted by atomic mass is 16.3. The Morgan fingerprint density at radius 2 is 1.89 bits per heavy atom. The molecule has 1 atom stereocenters. The summed E-state index contributed by atoms with van der Waals surface area (Å²) in [5, 5.41) is 14.1. The number of aromatic hydroxyl groups is 1. The maximum atomic E-state index is 10.6. The van der Waals surface area contributed by atoms with E-state index in [1.807, 2.05) is 14.1 Å². The van der Waals surface area contributed by atoms with Crippen molar-refractivity contribution in [2.45, 2.75) is 12.5 Å². The summed E-state index contributed by atoms with van der Waals surface area (Å²) in [6.07, 6.45) is 0.977. The van der Waals surface area contributed by atoms with E-state index in [4.69, 9.17) is 10.8 Å². The van der Waals surface area contributed by atoms with Gasteiger partial charge in [0.2, 0.25) is 0 Å². The first-order chi connectivity index (χ1) is 8.53. The molecule has 0 saturated carbocycles. The first-order valence-corrected chi connectivity index (χ1v) is 5.41. The highest BCUT2D eigenvalue weighted by molar-refractivity contribution is 5.76. The predicted molar refractivity (Wildman–Crippen MR) is 69.4 cm³/mol. The highest BCUT2D eigenvalue weighted by Crippen LogP contribution is 2.10. The van der Waals surface area contributed by atoms with Gasteiger partial charge in [-0.25, -0.2) is 4.79 Å². The molecule has 1 rings (SSSR count). The van der Waals surface area contributed by atoms with Crippen LogP contribution in [0.15, 0.2) is 24.3 Å². The molecule has 0 aliphatic heterocycles. The maximum Gasteiger partial charge on any atom is 0.312 e. The zero-order valence-corrected chi connectivity index (χ0v) is 10.5. The summed E-state index contributed by atoms with van der Waals surface area (Å²) in [7, 11) is 3.75. The summed E-state index contributed by atoms with van der Waals surface area (Å²) in [5.41, 5.74) is 5.73. The fourth-order valence-corrected chi connectivity index (χ4v) is 1.20. The summed E-state index contributed by atoms with van der Waals surface area (Å²) in [6, 6.07) is 5.02. The van der Waals surface area contributed by atoms with Gasteiger partial charge in [0.05, 0.1) is 6.04 Å². The molecule has 0 bridgehead atoms. The van der Waals surface area contributed by atoms with Crippen LogP contribution in [0.5, 0.6) is 5.75 Å². The van der Waals surface area contributed by atoms with E-state index >= 15 is 0 Å². The van der Waals surface area contributed by atoms with Gasteiger partial charge in [0, 0.05) is 0 Å². The SMILES string of the molecule is CNC.NC(=O)NC(C=O)Cc1ccc(O)cc1. The molecule has 1 aromatic rings. The van der Waals surface area contributed by atoms with Crippen LogP contribution < -0.4 is 16.4 Å². The molecule has 18 heavy (non-hydrogen) atoms. The van der Waals surface area contributed by atoms with E-state index in [0.29, 0.717) is 12.7 Å². The van der Waals surface area contributed by atoms with Gasteiger partial charge in [-0.2, -0.15) is 0 Å². The Hall–Kier alpha value is -2.08. The summed E-state index contributed by atoms with van der Waals surface area (Å²) in [6.45, 7) is 0. The van der Waals surface area contributed by atoms with E-state index in [9.17, 15) is 9.59 Å². The lowest BCUT2D eigenvalue weighted by molar-refractivity contribution is -0.109. The van der Waals surface area contributed by atoms with Gasteiger partial charge in [-0.3, -0.25) is 0 Å². The fraction of sp³-hybridized carbons (Fsp3) is 0.333. The van der Waals surface area contributed by atoms with Crippen LogP contribution in [0, 0.1) is 0 Å². The third-order valence-electron chi connectivity index (χ3n) is 1.88. The largest absolute Gasteiger partial charge is 0.508 e. The van der Waals surface area contributed by atoms with Gasteiger partial charge in [0.1, 0.15) is 12.0 Å². The van der Waals surface area contributed by atoms with Crippen molar-refractivity contribution in [2.75, 3.05) is 14.1 Å². The average Bonchev–Trinajstić information content (AvgIpc) is 2.31. The number of phenols is 1. The van der Waals surface area contributed by atoms with Crippen molar-refractivity contribution in [3.63, 3.8) is 0 Å². The van der Waals surface area contributed by atoms with Crippen LogP contribution in [0.1, 0.15) is 5.56 Å². The van der Waals surface area contributed by atoms with Crippen LogP contribution in [0.3, 0.4) is 0 Å². The topological polar surface area (TPSA) is 104 Å². The summed E-state index contributed by atoms with van der Waals surface area (Å²) in [5.74, 6) is 0.157. The summed E-state index contributed by atoms with van der Waals surface area (Å²) in [4.78, 5) is 21.1. The molecular formula is C12H19N3O3. The Morgan fingerprint density at radius 1 is 1.39 bits per heavy atom. The molecule has 6 nitrogen and oxygen atoms in total. The molecule has 100 valence electrons. The molecule has 0 radical (unpaired) electrons. The number of rotatable bonds is 4. The van der Waals surface area contributed by atoms with Crippen molar-refractivity contribution < 1.29 is 14.7 Å². The second kappa shape index (κ2) is 9.00. The average molecular weight is 253 g/mol. The zero-order valence-electron chi connectivity index (χ0n) is 10.5. The molecule has 0 aromatic heterocycles. The lowest BCUT2D eigenvalue weighted by Gasteiger charge is -2.10. The third kappa shape index (κ3) is 7.24. The molecule has 5 N–H and O–H groups in total. The molecule has 1 unspecified atom stereocenters. The van der Waals surface area contributed by atoms with Gasteiger partial charge in [-0.15, -0.1) is 0 Å². The number of aldehydes is 1. The van der Waals surface area contributed by atoms with Crippen LogP contribution in [-0.4, -0.2) is 37.6 Å². The predicted octanol–water partition coefficient (Wildman–Crippen LogP) is 0.00610. The van der Waals surface area contributed by atoms with Crippen molar-refractivity contribution in [3.8, 4) is 5.75 Å². The van der Waals surface area contributed by atoms with E-state index in [-0.39, 0.29) is 5.75 Å². The highest BCUT2D eigenvalue weighted by Gasteiger charge is 2.09. The molecule has 0 fully saturated rings. The van der Waals surface area contributed by atoms with Gasteiger partial charge in [0.25, 0.3) is 0 Å². The van der Waals surface area contributed by atoms with E-state index < -0.39 is 12.1 Å². The minimum atomic E-state index is -0.731. The van der Waals surface area contributed by atoms with Crippen LogP contribution >= 0.6 is 0 Å². The van der Waals surface area contributed by atoms with Crippen molar-refractivity contribution in [3.05, 3.63) is 29.8 Å². The molecule has 1 aromatic carbocycles. The lowest BCUT2D eigenvalue weighted by atomic mass is 10.1. The standard InChI is InChI=1S/C10H12N2O3.C2H7N/c11-10(15)12-8(6-13)5-7-1-3-9(14)4-2-7;1-3-2/h1-4,6,8,14H,5H2,(H3,11,12,15);3H,1-2H3. The number of amides is 2. The number of primary amides is 1. The zero-order chi connectivity index (χ0) is 14.0. The van der Waals surface area contributed by atoms with Gasteiger partial charge >= 0.3 is 6.03 Å². The Bertz CT molecular complexity index is 365. The molecule has 2 amide bonds. The van der Waals surface area contributed by atoms with Crippen LogP contribution in [0.2, 0.25) is 0 Å². The van der Waals surface area contributed by atoms with Gasteiger partial charge in [0.15, 0.2) is 0 Å². The van der Waals surface area contributed by atoms with Crippen LogP contribution in [0.25, 0.3) is 0 Å². The van der Waals surface area contributed by atoms with E-state index in [0.717, 1.165) is 5.56 Å². The minimum Gasteiger partial charge on any atom is -0.508 e. The van der Waals surface area contributed by atoms with Crippen LogP contribution in [0.4, 0.5) is 4.79 Å². The number of carbonyl (C=O) groups excluding carboxylic acids is 2.